The Hall–Kier alpha value is -2.91. The maximum Gasteiger partial charge on any atom is 0.419 e. The first kappa shape index (κ1) is 24.2. The Balaban J connectivity index is 1.40. The maximum atomic E-state index is 13.2. The summed E-state index contributed by atoms with van der Waals surface area (Å²) < 4.78 is 34.7. The van der Waals surface area contributed by atoms with Gasteiger partial charge in [-0.3, -0.25) is 9.36 Å². The summed E-state index contributed by atoms with van der Waals surface area (Å²) >= 11 is 0. The average Bonchev–Trinajstić information content (AvgIpc) is 3.12. The number of amides is 1. The van der Waals surface area contributed by atoms with E-state index in [0.717, 1.165) is 23.2 Å². The van der Waals surface area contributed by atoms with E-state index in [-0.39, 0.29) is 22.3 Å². The third-order valence-corrected chi connectivity index (χ3v) is 8.55. The zero-order chi connectivity index (χ0) is 24.5. The number of sulfonamides is 1. The Morgan fingerprint density at radius 2 is 1.88 bits per heavy atom. The molecule has 1 amide bonds. The molecule has 1 aliphatic rings. The van der Waals surface area contributed by atoms with Gasteiger partial charge in [-0.25, -0.2) is 13.2 Å². The second-order valence-electron chi connectivity index (χ2n) is 9.00. The highest BCUT2D eigenvalue weighted by atomic mass is 32.2. The van der Waals surface area contributed by atoms with Crippen LogP contribution in [-0.2, 0) is 21.4 Å². The summed E-state index contributed by atoms with van der Waals surface area (Å²) in [4.78, 5) is 24.7. The first-order valence-corrected chi connectivity index (χ1v) is 13.1. The molecular weight excluding hydrogens is 454 g/mol. The zero-order valence-electron chi connectivity index (χ0n) is 19.8. The van der Waals surface area contributed by atoms with E-state index in [9.17, 15) is 18.0 Å². The minimum absolute atomic E-state index is 0.0490. The van der Waals surface area contributed by atoms with E-state index < -0.39 is 15.8 Å². The molecule has 0 bridgehead atoms. The molecule has 1 N–H and O–H groups in total. The molecule has 0 aliphatic carbocycles. The lowest BCUT2D eigenvalue weighted by atomic mass is 9.94. The highest BCUT2D eigenvalue weighted by Crippen LogP contribution is 2.28. The number of nitrogens with one attached hydrogen (secondary N) is 1. The number of hydrogen-bond acceptors (Lipinski definition) is 5. The molecule has 1 aliphatic heterocycles. The monoisotopic (exact) mass is 485 g/mol. The van der Waals surface area contributed by atoms with Gasteiger partial charge in [0.05, 0.1) is 10.4 Å². The predicted molar refractivity (Wildman–Crippen MR) is 131 cm³/mol. The van der Waals surface area contributed by atoms with Crippen molar-refractivity contribution in [3.8, 4) is 0 Å². The molecule has 0 atom stereocenters. The summed E-state index contributed by atoms with van der Waals surface area (Å²) in [6, 6.07) is 10.4. The quantitative estimate of drug-likeness (QED) is 0.544. The number of benzene rings is 2. The lowest BCUT2D eigenvalue weighted by Crippen LogP contribution is -2.39. The number of piperidine rings is 1. The van der Waals surface area contributed by atoms with Crippen molar-refractivity contribution in [2.75, 3.05) is 18.4 Å². The molecule has 8 nitrogen and oxygen atoms in total. The summed E-state index contributed by atoms with van der Waals surface area (Å²) in [6.45, 7) is 7.16. The molecule has 0 spiro atoms. The fraction of sp³-hybridized carbons (Fsp3) is 0.440. The van der Waals surface area contributed by atoms with Crippen molar-refractivity contribution in [2.45, 2.75) is 57.9 Å². The van der Waals surface area contributed by atoms with Crippen LogP contribution in [0.3, 0.4) is 0 Å². The van der Waals surface area contributed by atoms with Crippen molar-refractivity contribution in [1.29, 1.82) is 0 Å². The third-order valence-electron chi connectivity index (χ3n) is 6.65. The fourth-order valence-corrected chi connectivity index (χ4v) is 5.98. The smallest absolute Gasteiger partial charge is 0.408 e. The van der Waals surface area contributed by atoms with E-state index in [0.29, 0.717) is 44.4 Å². The van der Waals surface area contributed by atoms with Crippen molar-refractivity contribution >= 4 is 32.7 Å². The molecule has 182 valence electrons. The lowest BCUT2D eigenvalue weighted by molar-refractivity contribution is -0.117. The molecule has 34 heavy (non-hydrogen) atoms. The second kappa shape index (κ2) is 9.76. The van der Waals surface area contributed by atoms with Crippen LogP contribution < -0.4 is 11.1 Å². The van der Waals surface area contributed by atoms with Gasteiger partial charge >= 0.3 is 5.76 Å². The van der Waals surface area contributed by atoms with Crippen LogP contribution in [0.1, 0.15) is 43.7 Å². The molecular formula is C25H31N3O5S. The molecule has 0 saturated carbocycles. The predicted octanol–water partition coefficient (Wildman–Crippen LogP) is 4.05. The number of hydrogen-bond donors (Lipinski definition) is 1. The molecule has 1 fully saturated rings. The first-order chi connectivity index (χ1) is 16.2. The number of aryl methyl sites for hydroxylation is 2. The van der Waals surface area contributed by atoms with Crippen molar-refractivity contribution in [1.82, 2.24) is 8.87 Å². The van der Waals surface area contributed by atoms with E-state index in [1.54, 1.807) is 6.07 Å². The van der Waals surface area contributed by atoms with Crippen molar-refractivity contribution < 1.29 is 17.6 Å². The van der Waals surface area contributed by atoms with Gasteiger partial charge < -0.3 is 9.73 Å². The molecule has 9 heteroatoms. The van der Waals surface area contributed by atoms with Gasteiger partial charge in [0.25, 0.3) is 0 Å². The van der Waals surface area contributed by atoms with Gasteiger partial charge in [0.15, 0.2) is 5.58 Å². The van der Waals surface area contributed by atoms with Gasteiger partial charge in [0.2, 0.25) is 15.9 Å². The van der Waals surface area contributed by atoms with Gasteiger partial charge in [-0.05, 0) is 68.4 Å². The lowest BCUT2D eigenvalue weighted by Gasteiger charge is -2.31. The minimum atomic E-state index is -3.72. The zero-order valence-corrected chi connectivity index (χ0v) is 20.7. The van der Waals surface area contributed by atoms with Gasteiger partial charge in [0, 0.05) is 37.8 Å². The highest BCUT2D eigenvalue weighted by Gasteiger charge is 2.31. The van der Waals surface area contributed by atoms with Crippen molar-refractivity contribution in [3.05, 3.63) is 58.1 Å². The van der Waals surface area contributed by atoms with Crippen molar-refractivity contribution in [3.63, 3.8) is 0 Å². The third kappa shape index (κ3) is 4.81. The first-order valence-electron chi connectivity index (χ1n) is 11.7. The Morgan fingerprint density at radius 1 is 1.15 bits per heavy atom. The van der Waals surface area contributed by atoms with Crippen LogP contribution in [-0.4, -0.2) is 36.3 Å². The van der Waals surface area contributed by atoms with E-state index >= 15 is 0 Å². The van der Waals surface area contributed by atoms with Crippen LogP contribution in [0.25, 0.3) is 11.1 Å². The van der Waals surface area contributed by atoms with E-state index in [1.165, 1.54) is 21.0 Å². The maximum absolute atomic E-state index is 13.2. The fourth-order valence-electron chi connectivity index (χ4n) is 4.50. The number of carbonyl (C=O) groups excluding carboxylic acids is 1. The van der Waals surface area contributed by atoms with Crippen LogP contribution in [0.5, 0.6) is 0 Å². The SMILES string of the molecule is CCCn1c(=O)oc2cc(S(=O)(=O)N3CCC(CC(=O)Nc4cccc(C)c4C)CC3)ccc21. The average molecular weight is 486 g/mol. The molecule has 1 aromatic heterocycles. The number of nitrogens with zero attached hydrogens (tertiary/aromatic N) is 2. The molecule has 2 heterocycles. The Bertz CT molecular complexity index is 1360. The summed E-state index contributed by atoms with van der Waals surface area (Å²) in [6.07, 6.45) is 2.36. The van der Waals surface area contributed by atoms with Gasteiger partial charge in [0.1, 0.15) is 0 Å². The van der Waals surface area contributed by atoms with Gasteiger partial charge in [-0.1, -0.05) is 19.1 Å². The standard InChI is InChI=1S/C25H31N3O5S/c1-4-12-28-22-9-8-20(16-23(22)33-25(28)30)34(31,32)27-13-10-19(11-14-27)15-24(29)26-21-7-5-6-17(2)18(21)3/h5-9,16,19H,4,10-15H2,1-3H3,(H,26,29). The molecule has 0 unspecified atom stereocenters. The molecule has 3 aromatic rings. The Morgan fingerprint density at radius 3 is 2.59 bits per heavy atom. The van der Waals surface area contributed by atoms with E-state index in [4.69, 9.17) is 4.42 Å². The highest BCUT2D eigenvalue weighted by molar-refractivity contribution is 7.89. The van der Waals surface area contributed by atoms with Crippen LogP contribution in [0, 0.1) is 19.8 Å². The number of anilines is 1. The second-order valence-corrected chi connectivity index (χ2v) is 10.9. The van der Waals surface area contributed by atoms with Crippen LogP contribution in [0.15, 0.2) is 50.5 Å². The van der Waals surface area contributed by atoms with E-state index in [1.807, 2.05) is 39.0 Å². The normalized spacial score (nSPS) is 15.6. The number of aromatic nitrogens is 1. The van der Waals surface area contributed by atoms with Gasteiger partial charge in [-0.2, -0.15) is 4.31 Å². The van der Waals surface area contributed by atoms with Crippen LogP contribution in [0.2, 0.25) is 0 Å². The van der Waals surface area contributed by atoms with Crippen LogP contribution in [0.4, 0.5) is 5.69 Å². The molecule has 1 saturated heterocycles. The minimum Gasteiger partial charge on any atom is -0.408 e. The topological polar surface area (TPSA) is 102 Å². The molecule has 0 radical (unpaired) electrons. The summed E-state index contributed by atoms with van der Waals surface area (Å²) in [7, 11) is -3.72. The number of carbonyl (C=O) groups is 1. The summed E-state index contributed by atoms with van der Waals surface area (Å²) in [5.74, 6) is -0.404. The Labute approximate surface area is 199 Å². The summed E-state index contributed by atoms with van der Waals surface area (Å²) in [5, 5.41) is 2.99. The molecule has 2 aromatic carbocycles. The number of rotatable bonds is 7. The summed E-state index contributed by atoms with van der Waals surface area (Å²) in [5.41, 5.74) is 3.86. The number of oxazole rings is 1. The number of fused-ring (bicyclic) bond motifs is 1. The van der Waals surface area contributed by atoms with Gasteiger partial charge in [-0.15, -0.1) is 0 Å². The molecule has 4 rings (SSSR count). The van der Waals surface area contributed by atoms with Crippen LogP contribution >= 0.6 is 0 Å². The van der Waals surface area contributed by atoms with E-state index in [2.05, 4.69) is 5.32 Å². The Kier molecular flexibility index (Phi) is 6.95. The van der Waals surface area contributed by atoms with Crippen molar-refractivity contribution in [2.24, 2.45) is 5.92 Å². The largest absolute Gasteiger partial charge is 0.419 e.